The molecule has 4 nitrogen and oxygen atoms in total. The number of benzene rings is 2. The van der Waals surface area contributed by atoms with Gasteiger partial charge in [-0.05, 0) is 62.4 Å². The zero-order chi connectivity index (χ0) is 18.8. The average Bonchev–Trinajstić information content (AvgIpc) is 3.38. The first kappa shape index (κ1) is 15.4. The molecule has 6 rings (SSSR count). The van der Waals surface area contributed by atoms with Crippen LogP contribution in [0.2, 0.25) is 0 Å². The van der Waals surface area contributed by atoms with Crippen molar-refractivity contribution in [3.8, 4) is 0 Å². The van der Waals surface area contributed by atoms with Crippen molar-refractivity contribution in [3.05, 3.63) is 71.6 Å². The first-order valence-corrected chi connectivity index (χ1v) is 9.16. The molecule has 6 aromatic rings. The van der Waals surface area contributed by atoms with Crippen LogP contribution in [-0.4, -0.2) is 0 Å². The van der Waals surface area contributed by atoms with Crippen molar-refractivity contribution in [2.45, 2.75) is 13.8 Å². The molecular weight excluding hydrogens is 352 g/mol. The normalized spacial score (nSPS) is 12.5. The summed E-state index contributed by atoms with van der Waals surface area (Å²) in [5.41, 5.74) is 3.29. The van der Waals surface area contributed by atoms with Gasteiger partial charge in [-0.25, -0.2) is 0 Å². The smallest absolute Gasteiger partial charge is 0.138 e. The Morgan fingerprint density at radius 3 is 1.32 bits per heavy atom. The summed E-state index contributed by atoms with van der Waals surface area (Å²) in [6.07, 6.45) is 3.83. The van der Waals surface area contributed by atoms with Crippen LogP contribution in [0.15, 0.2) is 66.2 Å². The standard InChI is InChI=1S/C24H16O4/c1-13-5-15-7-17-9-19(27-23(17)11-21(15)25-13)3-4-20-10-18-8-16-6-14(2)26-22(16)12-24(18)28-20/h3-12H,1-2H3/b4-3+. The van der Waals surface area contributed by atoms with Crippen molar-refractivity contribution in [2.24, 2.45) is 0 Å². The zero-order valence-corrected chi connectivity index (χ0v) is 15.4. The van der Waals surface area contributed by atoms with Crippen LogP contribution in [0.3, 0.4) is 0 Å². The van der Waals surface area contributed by atoms with E-state index in [1.807, 2.05) is 62.4 Å². The Hall–Kier alpha value is -3.66. The monoisotopic (exact) mass is 368 g/mol. The molecule has 0 spiro atoms. The molecule has 0 aliphatic rings. The molecule has 4 aromatic heterocycles. The van der Waals surface area contributed by atoms with Crippen molar-refractivity contribution in [1.82, 2.24) is 0 Å². The van der Waals surface area contributed by atoms with Gasteiger partial charge in [-0.3, -0.25) is 0 Å². The summed E-state index contributed by atoms with van der Waals surface area (Å²) in [6, 6.07) is 16.1. The van der Waals surface area contributed by atoms with Gasteiger partial charge in [0.2, 0.25) is 0 Å². The van der Waals surface area contributed by atoms with Crippen molar-refractivity contribution in [1.29, 1.82) is 0 Å². The third-order valence-electron chi connectivity index (χ3n) is 5.01. The van der Waals surface area contributed by atoms with Crippen LogP contribution in [0.5, 0.6) is 0 Å². The molecule has 0 aliphatic carbocycles. The van der Waals surface area contributed by atoms with E-state index in [1.165, 1.54) is 0 Å². The summed E-state index contributed by atoms with van der Waals surface area (Å²) in [5.74, 6) is 3.33. The van der Waals surface area contributed by atoms with Gasteiger partial charge >= 0.3 is 0 Å². The maximum atomic E-state index is 5.94. The second-order valence-corrected chi connectivity index (χ2v) is 7.20. The summed E-state index contributed by atoms with van der Waals surface area (Å²) in [6.45, 7) is 3.89. The van der Waals surface area contributed by atoms with Crippen LogP contribution in [-0.2, 0) is 0 Å². The molecule has 0 fully saturated rings. The van der Waals surface area contributed by atoms with Crippen LogP contribution in [0.4, 0.5) is 0 Å². The number of rotatable bonds is 2. The molecule has 4 heterocycles. The largest absolute Gasteiger partial charge is 0.461 e. The minimum atomic E-state index is 0.768. The Labute approximate surface area is 159 Å². The molecule has 28 heavy (non-hydrogen) atoms. The third-order valence-corrected chi connectivity index (χ3v) is 5.01. The fraction of sp³-hybridized carbons (Fsp3) is 0.0833. The van der Waals surface area contributed by atoms with E-state index in [9.17, 15) is 0 Å². The predicted molar refractivity (Wildman–Crippen MR) is 110 cm³/mol. The van der Waals surface area contributed by atoms with Crippen LogP contribution >= 0.6 is 0 Å². The molecule has 4 heteroatoms. The number of aryl methyl sites for hydroxylation is 2. The zero-order valence-electron chi connectivity index (χ0n) is 15.4. The first-order valence-electron chi connectivity index (χ1n) is 9.16. The van der Waals surface area contributed by atoms with Gasteiger partial charge in [0.05, 0.1) is 0 Å². The van der Waals surface area contributed by atoms with Gasteiger partial charge in [-0.15, -0.1) is 0 Å². The quantitative estimate of drug-likeness (QED) is 0.318. The summed E-state index contributed by atoms with van der Waals surface area (Å²) >= 11 is 0. The highest BCUT2D eigenvalue weighted by molar-refractivity contribution is 5.96. The predicted octanol–water partition coefficient (Wildman–Crippen LogP) is 7.46. The fourth-order valence-corrected chi connectivity index (χ4v) is 3.79. The Balaban J connectivity index is 1.37. The molecule has 0 aliphatic heterocycles. The second-order valence-electron chi connectivity index (χ2n) is 7.20. The van der Waals surface area contributed by atoms with Crippen molar-refractivity contribution in [3.63, 3.8) is 0 Å². The molecule has 0 saturated heterocycles. The number of hydrogen-bond acceptors (Lipinski definition) is 4. The SMILES string of the molecule is Cc1cc2cc3cc(/C=C/c4cc5cc6cc(C)oc6cc5o4)oc3cc2o1. The third kappa shape index (κ3) is 2.38. The highest BCUT2D eigenvalue weighted by Crippen LogP contribution is 2.30. The number of furan rings is 4. The molecular formula is C24H16O4. The molecule has 0 bridgehead atoms. The van der Waals surface area contributed by atoms with E-state index in [1.54, 1.807) is 0 Å². The highest BCUT2D eigenvalue weighted by atomic mass is 16.4. The summed E-state index contributed by atoms with van der Waals surface area (Å²) in [4.78, 5) is 0. The van der Waals surface area contributed by atoms with Crippen molar-refractivity contribution < 1.29 is 17.7 Å². The van der Waals surface area contributed by atoms with Gasteiger partial charge in [0, 0.05) is 33.7 Å². The van der Waals surface area contributed by atoms with Crippen molar-refractivity contribution >= 4 is 56.0 Å². The Bertz CT molecular complexity index is 1310. The lowest BCUT2D eigenvalue weighted by molar-refractivity contribution is 0.573. The lowest BCUT2D eigenvalue weighted by atomic mass is 10.2. The summed E-state index contributed by atoms with van der Waals surface area (Å²) in [7, 11) is 0. The van der Waals surface area contributed by atoms with E-state index in [-0.39, 0.29) is 0 Å². The second kappa shape index (κ2) is 5.42. The summed E-state index contributed by atoms with van der Waals surface area (Å²) in [5, 5.41) is 4.26. The molecule has 2 aromatic carbocycles. The van der Waals surface area contributed by atoms with Crippen LogP contribution < -0.4 is 0 Å². The first-order chi connectivity index (χ1) is 13.6. The molecule has 0 saturated carbocycles. The Morgan fingerprint density at radius 1 is 0.464 bits per heavy atom. The van der Waals surface area contributed by atoms with E-state index in [2.05, 4.69) is 12.1 Å². The number of fused-ring (bicyclic) bond motifs is 4. The van der Waals surface area contributed by atoms with Gasteiger partial charge in [-0.1, -0.05) is 0 Å². The average molecular weight is 368 g/mol. The Kier molecular flexibility index (Phi) is 2.98. The lowest BCUT2D eigenvalue weighted by Crippen LogP contribution is -1.63. The Morgan fingerprint density at radius 2 is 0.857 bits per heavy atom. The molecule has 0 N–H and O–H groups in total. The van der Waals surface area contributed by atoms with Gasteiger partial charge < -0.3 is 17.7 Å². The van der Waals surface area contributed by atoms with Gasteiger partial charge in [0.25, 0.3) is 0 Å². The van der Waals surface area contributed by atoms with Gasteiger partial charge in [-0.2, -0.15) is 0 Å². The fourth-order valence-electron chi connectivity index (χ4n) is 3.79. The van der Waals surface area contributed by atoms with E-state index in [4.69, 9.17) is 17.7 Å². The minimum absolute atomic E-state index is 0.768. The maximum Gasteiger partial charge on any atom is 0.138 e. The molecule has 0 unspecified atom stereocenters. The summed E-state index contributed by atoms with van der Waals surface area (Å²) < 4.78 is 23.2. The number of hydrogen-bond donors (Lipinski definition) is 0. The highest BCUT2D eigenvalue weighted by Gasteiger charge is 2.09. The maximum absolute atomic E-state index is 5.94. The van der Waals surface area contributed by atoms with Gasteiger partial charge in [0.15, 0.2) is 0 Å². The molecule has 0 radical (unpaired) electrons. The van der Waals surface area contributed by atoms with Crippen LogP contribution in [0.25, 0.3) is 56.0 Å². The minimum Gasteiger partial charge on any atom is -0.461 e. The van der Waals surface area contributed by atoms with Crippen LogP contribution in [0, 0.1) is 13.8 Å². The topological polar surface area (TPSA) is 52.6 Å². The van der Waals surface area contributed by atoms with E-state index in [0.717, 1.165) is 66.9 Å². The molecule has 0 amide bonds. The molecule has 0 atom stereocenters. The van der Waals surface area contributed by atoms with Gasteiger partial charge in [0.1, 0.15) is 45.4 Å². The van der Waals surface area contributed by atoms with E-state index in [0.29, 0.717) is 0 Å². The van der Waals surface area contributed by atoms with Crippen LogP contribution in [0.1, 0.15) is 23.0 Å². The van der Waals surface area contributed by atoms with E-state index < -0.39 is 0 Å². The molecule has 136 valence electrons. The van der Waals surface area contributed by atoms with E-state index >= 15 is 0 Å². The lowest BCUT2D eigenvalue weighted by Gasteiger charge is -1.88. The van der Waals surface area contributed by atoms with Crippen molar-refractivity contribution in [2.75, 3.05) is 0 Å².